The molecule has 0 radical (unpaired) electrons. The van der Waals surface area contributed by atoms with E-state index in [-0.39, 0.29) is 24.2 Å². The van der Waals surface area contributed by atoms with E-state index in [0.29, 0.717) is 12.0 Å². The van der Waals surface area contributed by atoms with E-state index in [0.717, 1.165) is 4.90 Å². The number of rotatable bonds is 4. The number of carbonyl (C=O) groups excluding carboxylic acids is 1. The van der Waals surface area contributed by atoms with Crippen LogP contribution >= 0.6 is 0 Å². The highest BCUT2D eigenvalue weighted by atomic mass is 19.4. The van der Waals surface area contributed by atoms with Gasteiger partial charge in [-0.2, -0.15) is 13.2 Å². The Kier molecular flexibility index (Phi) is 4.01. The maximum Gasteiger partial charge on any atom is 0.390 e. The van der Waals surface area contributed by atoms with Crippen LogP contribution in [-0.2, 0) is 4.79 Å². The molecule has 1 fully saturated rings. The van der Waals surface area contributed by atoms with E-state index >= 15 is 0 Å². The molecule has 2 nitrogen and oxygen atoms in total. The van der Waals surface area contributed by atoms with Gasteiger partial charge in [0.15, 0.2) is 0 Å². The minimum absolute atomic E-state index is 0.211. The largest absolute Gasteiger partial charge is 0.390 e. The van der Waals surface area contributed by atoms with E-state index in [1.807, 2.05) is 0 Å². The summed E-state index contributed by atoms with van der Waals surface area (Å²) in [5.74, 6) is -1.32. The molecule has 1 amide bonds. The van der Waals surface area contributed by atoms with Crippen LogP contribution in [0.25, 0.3) is 0 Å². The van der Waals surface area contributed by atoms with Gasteiger partial charge in [-0.05, 0) is 24.0 Å². The summed E-state index contributed by atoms with van der Waals surface area (Å²) >= 11 is 0. The third-order valence-electron chi connectivity index (χ3n) is 3.52. The Bertz CT molecular complexity index is 500. The topological polar surface area (TPSA) is 20.3 Å². The Morgan fingerprint density at radius 1 is 1.35 bits per heavy atom. The van der Waals surface area contributed by atoms with Crippen molar-refractivity contribution < 1.29 is 22.4 Å². The minimum Gasteiger partial charge on any atom is -0.345 e. The zero-order valence-electron chi connectivity index (χ0n) is 11.0. The highest BCUT2D eigenvalue weighted by Gasteiger charge is 2.46. The number of carbonyl (C=O) groups is 1. The van der Waals surface area contributed by atoms with Crippen LogP contribution in [0, 0.1) is 11.7 Å². The first-order valence-electron chi connectivity index (χ1n) is 6.36. The second kappa shape index (κ2) is 5.42. The van der Waals surface area contributed by atoms with E-state index in [1.165, 1.54) is 13.1 Å². The number of alkyl halides is 3. The average Bonchev–Trinajstić information content (AvgIpc) is 3.15. The first-order chi connectivity index (χ1) is 9.29. The summed E-state index contributed by atoms with van der Waals surface area (Å²) in [4.78, 5) is 13.0. The van der Waals surface area contributed by atoms with Crippen LogP contribution in [0.4, 0.5) is 17.6 Å². The molecule has 1 aliphatic rings. The zero-order chi connectivity index (χ0) is 14.9. The van der Waals surface area contributed by atoms with Gasteiger partial charge in [-0.3, -0.25) is 4.79 Å². The molecular weight excluding hydrogens is 274 g/mol. The van der Waals surface area contributed by atoms with E-state index < -0.39 is 18.5 Å². The molecule has 0 spiro atoms. The van der Waals surface area contributed by atoms with Gasteiger partial charge in [0.05, 0.1) is 6.42 Å². The molecule has 2 atom stereocenters. The van der Waals surface area contributed by atoms with Gasteiger partial charge in [0.1, 0.15) is 5.82 Å². The molecule has 0 heterocycles. The van der Waals surface area contributed by atoms with Crippen LogP contribution in [0.3, 0.4) is 0 Å². The van der Waals surface area contributed by atoms with Gasteiger partial charge < -0.3 is 4.90 Å². The quantitative estimate of drug-likeness (QED) is 0.778. The molecule has 1 aromatic rings. The van der Waals surface area contributed by atoms with Gasteiger partial charge in [0.2, 0.25) is 5.91 Å². The van der Waals surface area contributed by atoms with Crippen molar-refractivity contribution in [2.24, 2.45) is 5.92 Å². The van der Waals surface area contributed by atoms with Gasteiger partial charge in [-0.1, -0.05) is 18.2 Å². The smallest absolute Gasteiger partial charge is 0.345 e. The van der Waals surface area contributed by atoms with Crippen molar-refractivity contribution in [3.8, 4) is 0 Å². The first kappa shape index (κ1) is 14.8. The van der Waals surface area contributed by atoms with Crippen molar-refractivity contribution >= 4 is 5.91 Å². The predicted octanol–water partition coefficient (Wildman–Crippen LogP) is 3.34. The van der Waals surface area contributed by atoms with Gasteiger partial charge in [-0.25, -0.2) is 4.39 Å². The summed E-state index contributed by atoms with van der Waals surface area (Å²) in [6, 6.07) is 6.19. The van der Waals surface area contributed by atoms with Crippen molar-refractivity contribution in [3.63, 3.8) is 0 Å². The lowest BCUT2D eigenvalue weighted by atomic mass is 10.1. The molecule has 20 heavy (non-hydrogen) atoms. The third kappa shape index (κ3) is 3.49. The highest BCUT2D eigenvalue weighted by molar-refractivity contribution is 5.82. The third-order valence-corrected chi connectivity index (χ3v) is 3.52. The van der Waals surface area contributed by atoms with E-state index in [4.69, 9.17) is 0 Å². The normalized spacial score (nSPS) is 21.6. The van der Waals surface area contributed by atoms with E-state index in [2.05, 4.69) is 0 Å². The van der Waals surface area contributed by atoms with Crippen molar-refractivity contribution in [3.05, 3.63) is 35.6 Å². The van der Waals surface area contributed by atoms with Gasteiger partial charge >= 0.3 is 6.18 Å². The average molecular weight is 289 g/mol. The Hall–Kier alpha value is -1.59. The van der Waals surface area contributed by atoms with Crippen molar-refractivity contribution in [1.82, 2.24) is 4.90 Å². The van der Waals surface area contributed by atoms with Crippen LogP contribution < -0.4 is 0 Å². The Labute approximate surface area is 114 Å². The van der Waals surface area contributed by atoms with E-state index in [9.17, 15) is 22.4 Å². The number of hydrogen-bond acceptors (Lipinski definition) is 1. The molecule has 110 valence electrons. The lowest BCUT2D eigenvalue weighted by Crippen LogP contribution is -2.32. The summed E-state index contributed by atoms with van der Waals surface area (Å²) in [7, 11) is 1.35. The number of hydrogen-bond donors (Lipinski definition) is 0. The standard InChI is InChI=1S/C14H15F4NO/c1-19(7-6-14(16,17)18)13(20)11-8-10(11)9-4-2-3-5-12(9)15/h2-5,10-11H,6-8H2,1H3. The number of halogens is 4. The van der Waals surface area contributed by atoms with Gasteiger partial charge in [-0.15, -0.1) is 0 Å². The fourth-order valence-corrected chi connectivity index (χ4v) is 2.28. The molecule has 1 aromatic carbocycles. The Balaban J connectivity index is 1.91. The molecule has 0 saturated heterocycles. The van der Waals surface area contributed by atoms with Crippen LogP contribution in [0.2, 0.25) is 0 Å². The summed E-state index contributed by atoms with van der Waals surface area (Å²) in [5.41, 5.74) is 0.468. The number of nitrogens with zero attached hydrogens (tertiary/aromatic N) is 1. The molecule has 1 saturated carbocycles. The zero-order valence-corrected chi connectivity index (χ0v) is 11.0. The number of amides is 1. The summed E-state index contributed by atoms with van der Waals surface area (Å²) < 4.78 is 49.9. The number of benzene rings is 1. The molecule has 6 heteroatoms. The fraction of sp³-hybridized carbons (Fsp3) is 0.500. The molecule has 0 bridgehead atoms. The maximum absolute atomic E-state index is 13.5. The van der Waals surface area contributed by atoms with E-state index in [1.54, 1.807) is 18.2 Å². The summed E-state index contributed by atoms with van der Waals surface area (Å²) in [5, 5.41) is 0. The second-order valence-corrected chi connectivity index (χ2v) is 5.10. The summed E-state index contributed by atoms with van der Waals surface area (Å²) in [6.45, 7) is -0.358. The highest BCUT2D eigenvalue weighted by Crippen LogP contribution is 2.49. The molecule has 0 aliphatic heterocycles. The Morgan fingerprint density at radius 3 is 2.60 bits per heavy atom. The molecule has 2 unspecified atom stereocenters. The van der Waals surface area contributed by atoms with Crippen LogP contribution in [-0.4, -0.2) is 30.6 Å². The molecular formula is C14H15F4NO. The lowest BCUT2D eigenvalue weighted by Gasteiger charge is -2.18. The van der Waals surface area contributed by atoms with Gasteiger partial charge in [0, 0.05) is 19.5 Å². The molecule has 2 rings (SSSR count). The maximum atomic E-state index is 13.5. The minimum atomic E-state index is -4.27. The van der Waals surface area contributed by atoms with Gasteiger partial charge in [0.25, 0.3) is 0 Å². The fourth-order valence-electron chi connectivity index (χ4n) is 2.28. The first-order valence-corrected chi connectivity index (χ1v) is 6.36. The van der Waals surface area contributed by atoms with Crippen LogP contribution in [0.1, 0.15) is 24.3 Å². The SMILES string of the molecule is CN(CCC(F)(F)F)C(=O)C1CC1c1ccccc1F. The summed E-state index contributed by atoms with van der Waals surface area (Å²) in [6.07, 6.45) is -4.80. The Morgan fingerprint density at radius 2 is 2.00 bits per heavy atom. The van der Waals surface area contributed by atoms with Crippen molar-refractivity contribution in [2.45, 2.75) is 24.9 Å². The molecule has 0 N–H and O–H groups in total. The van der Waals surface area contributed by atoms with Crippen molar-refractivity contribution in [1.29, 1.82) is 0 Å². The van der Waals surface area contributed by atoms with Crippen LogP contribution in [0.5, 0.6) is 0 Å². The van der Waals surface area contributed by atoms with Crippen LogP contribution in [0.15, 0.2) is 24.3 Å². The predicted molar refractivity (Wildman–Crippen MR) is 65.6 cm³/mol. The molecule has 0 aromatic heterocycles. The second-order valence-electron chi connectivity index (χ2n) is 5.10. The lowest BCUT2D eigenvalue weighted by molar-refractivity contribution is -0.144. The molecule has 1 aliphatic carbocycles. The monoisotopic (exact) mass is 289 g/mol. The van der Waals surface area contributed by atoms with Crippen molar-refractivity contribution in [2.75, 3.05) is 13.6 Å².